The normalized spacial score (nSPS) is 12.4. The van der Waals surface area contributed by atoms with Crippen LogP contribution in [0, 0.1) is 12.8 Å². The van der Waals surface area contributed by atoms with Crippen molar-refractivity contribution in [2.45, 2.75) is 66.4 Å². The summed E-state index contributed by atoms with van der Waals surface area (Å²) < 4.78 is 18.6. The SMILES string of the molecule is COc1ccc(OC)c(-n2nnc(C(=O)Nc3cc(C(C)(C)C)ccc3OC(C)CC(C)C)c2C)c1. The van der Waals surface area contributed by atoms with E-state index < -0.39 is 0 Å². The van der Waals surface area contributed by atoms with Gasteiger partial charge in [-0.1, -0.05) is 45.9 Å². The minimum absolute atomic E-state index is 0.00396. The molecule has 2 aromatic carbocycles. The van der Waals surface area contributed by atoms with Crippen molar-refractivity contribution in [2.75, 3.05) is 19.5 Å². The maximum Gasteiger partial charge on any atom is 0.278 e. The molecule has 0 aliphatic heterocycles. The second-order valence-electron chi connectivity index (χ2n) is 10.4. The molecular formula is C28H38N4O4. The number of benzene rings is 2. The minimum Gasteiger partial charge on any atom is -0.497 e. The molecule has 36 heavy (non-hydrogen) atoms. The lowest BCUT2D eigenvalue weighted by Crippen LogP contribution is -2.19. The van der Waals surface area contributed by atoms with Gasteiger partial charge in [-0.3, -0.25) is 4.79 Å². The average Bonchev–Trinajstić information content (AvgIpc) is 3.19. The molecule has 3 rings (SSSR count). The largest absolute Gasteiger partial charge is 0.497 e. The van der Waals surface area contributed by atoms with Gasteiger partial charge in [0, 0.05) is 6.07 Å². The Hall–Kier alpha value is -3.55. The van der Waals surface area contributed by atoms with Crippen LogP contribution >= 0.6 is 0 Å². The monoisotopic (exact) mass is 494 g/mol. The average molecular weight is 495 g/mol. The number of nitrogens with one attached hydrogen (secondary N) is 1. The number of anilines is 1. The number of aromatic nitrogens is 3. The molecule has 1 amide bonds. The van der Waals surface area contributed by atoms with Crippen LogP contribution in [0.5, 0.6) is 17.2 Å². The first kappa shape index (κ1) is 27.0. The Morgan fingerprint density at radius 3 is 2.33 bits per heavy atom. The number of rotatable bonds is 9. The van der Waals surface area contributed by atoms with E-state index in [1.807, 2.05) is 25.1 Å². The number of ether oxygens (including phenoxy) is 3. The highest BCUT2D eigenvalue weighted by atomic mass is 16.5. The number of carbonyl (C=O) groups is 1. The zero-order valence-electron chi connectivity index (χ0n) is 22.8. The molecular weight excluding hydrogens is 456 g/mol. The number of methoxy groups -OCH3 is 2. The van der Waals surface area contributed by atoms with Gasteiger partial charge in [0.25, 0.3) is 5.91 Å². The van der Waals surface area contributed by atoms with E-state index in [4.69, 9.17) is 14.2 Å². The highest BCUT2D eigenvalue weighted by molar-refractivity contribution is 6.04. The smallest absolute Gasteiger partial charge is 0.278 e. The van der Waals surface area contributed by atoms with Gasteiger partial charge in [0.2, 0.25) is 0 Å². The Bertz CT molecular complexity index is 1210. The van der Waals surface area contributed by atoms with Gasteiger partial charge in [0.1, 0.15) is 22.9 Å². The molecule has 0 spiro atoms. The summed E-state index contributed by atoms with van der Waals surface area (Å²) in [5, 5.41) is 11.4. The van der Waals surface area contributed by atoms with Crippen molar-refractivity contribution >= 4 is 11.6 Å². The summed E-state index contributed by atoms with van der Waals surface area (Å²) in [6, 6.07) is 11.3. The second-order valence-corrected chi connectivity index (χ2v) is 10.4. The lowest BCUT2D eigenvalue weighted by molar-refractivity contribution is 0.102. The molecule has 194 valence electrons. The molecule has 1 N–H and O–H groups in total. The molecule has 8 heteroatoms. The first-order valence-electron chi connectivity index (χ1n) is 12.2. The van der Waals surface area contributed by atoms with Gasteiger partial charge in [-0.05, 0) is 61.4 Å². The molecule has 0 bridgehead atoms. The molecule has 1 unspecified atom stereocenters. The first-order valence-corrected chi connectivity index (χ1v) is 12.2. The lowest BCUT2D eigenvalue weighted by Gasteiger charge is -2.23. The number of hydrogen-bond acceptors (Lipinski definition) is 6. The molecule has 8 nitrogen and oxygen atoms in total. The highest BCUT2D eigenvalue weighted by Gasteiger charge is 2.23. The van der Waals surface area contributed by atoms with Gasteiger partial charge in [0.05, 0.1) is 31.7 Å². The van der Waals surface area contributed by atoms with Crippen molar-refractivity contribution in [1.29, 1.82) is 0 Å². The quantitative estimate of drug-likeness (QED) is 0.395. The maximum absolute atomic E-state index is 13.4. The first-order chi connectivity index (χ1) is 16.9. The number of nitrogens with zero attached hydrogens (tertiary/aromatic N) is 3. The van der Waals surface area contributed by atoms with Gasteiger partial charge in [-0.2, -0.15) is 0 Å². The summed E-state index contributed by atoms with van der Waals surface area (Å²) in [5.41, 5.74) is 3.01. The zero-order chi connectivity index (χ0) is 26.6. The molecule has 0 saturated carbocycles. The third kappa shape index (κ3) is 6.17. The van der Waals surface area contributed by atoms with E-state index in [0.717, 1.165) is 12.0 Å². The molecule has 0 radical (unpaired) electrons. The third-order valence-corrected chi connectivity index (χ3v) is 5.95. The van der Waals surface area contributed by atoms with E-state index >= 15 is 0 Å². The van der Waals surface area contributed by atoms with E-state index in [1.165, 1.54) is 0 Å². The van der Waals surface area contributed by atoms with Gasteiger partial charge in [-0.15, -0.1) is 5.10 Å². The van der Waals surface area contributed by atoms with Gasteiger partial charge < -0.3 is 19.5 Å². The van der Waals surface area contributed by atoms with Crippen LogP contribution in [0.3, 0.4) is 0 Å². The van der Waals surface area contributed by atoms with E-state index in [9.17, 15) is 4.79 Å². The molecule has 0 fully saturated rings. The van der Waals surface area contributed by atoms with Gasteiger partial charge in [0.15, 0.2) is 5.69 Å². The molecule has 0 aliphatic rings. The Morgan fingerprint density at radius 1 is 1.03 bits per heavy atom. The molecule has 1 heterocycles. The van der Waals surface area contributed by atoms with E-state index in [2.05, 4.69) is 50.2 Å². The molecule has 3 aromatic rings. The standard InChI is InChI=1S/C28H38N4O4/c1-17(2)14-18(3)36-24-12-10-20(28(5,6)7)15-22(24)29-27(33)26-19(4)32(31-30-26)23-16-21(34-8)11-13-25(23)35-9/h10-13,15-18H,14H2,1-9H3,(H,29,33). The molecule has 1 atom stereocenters. The minimum atomic E-state index is -0.368. The van der Waals surface area contributed by atoms with E-state index in [-0.39, 0.29) is 23.1 Å². The van der Waals surface area contributed by atoms with Gasteiger partial charge in [-0.25, -0.2) is 4.68 Å². The summed E-state index contributed by atoms with van der Waals surface area (Å²) in [4.78, 5) is 13.4. The van der Waals surface area contributed by atoms with E-state index in [0.29, 0.717) is 40.2 Å². The summed E-state index contributed by atoms with van der Waals surface area (Å²) in [7, 11) is 3.17. The van der Waals surface area contributed by atoms with Crippen molar-refractivity contribution in [3.05, 3.63) is 53.3 Å². The van der Waals surface area contributed by atoms with Crippen molar-refractivity contribution < 1.29 is 19.0 Å². The highest BCUT2D eigenvalue weighted by Crippen LogP contribution is 2.34. The zero-order valence-corrected chi connectivity index (χ0v) is 22.8. The van der Waals surface area contributed by atoms with Crippen LogP contribution in [-0.2, 0) is 5.41 Å². The Morgan fingerprint density at radius 2 is 1.72 bits per heavy atom. The number of hydrogen-bond donors (Lipinski definition) is 1. The second kappa shape index (κ2) is 11.0. The Labute approximate surface area is 214 Å². The van der Waals surface area contributed by atoms with Crippen LogP contribution in [0.1, 0.15) is 69.7 Å². The molecule has 0 saturated heterocycles. The predicted molar refractivity (Wildman–Crippen MR) is 142 cm³/mol. The Kier molecular flexibility index (Phi) is 8.28. The van der Waals surface area contributed by atoms with Crippen molar-refractivity contribution in [1.82, 2.24) is 15.0 Å². The summed E-state index contributed by atoms with van der Waals surface area (Å²) in [5.74, 6) is 1.99. The molecule has 0 aliphatic carbocycles. The fraction of sp³-hybridized carbons (Fsp3) is 0.464. The van der Waals surface area contributed by atoms with Crippen molar-refractivity contribution in [2.24, 2.45) is 5.92 Å². The van der Waals surface area contributed by atoms with Crippen LogP contribution in [-0.4, -0.2) is 41.2 Å². The van der Waals surface area contributed by atoms with Crippen LogP contribution in [0.2, 0.25) is 0 Å². The number of carbonyl (C=O) groups excluding carboxylic acids is 1. The van der Waals surface area contributed by atoms with Crippen molar-refractivity contribution in [3.63, 3.8) is 0 Å². The summed E-state index contributed by atoms with van der Waals surface area (Å²) >= 11 is 0. The van der Waals surface area contributed by atoms with Crippen LogP contribution in [0.15, 0.2) is 36.4 Å². The number of amides is 1. The predicted octanol–water partition coefficient (Wildman–Crippen LogP) is 5.96. The fourth-order valence-electron chi connectivity index (χ4n) is 4.04. The Balaban J connectivity index is 1.96. The van der Waals surface area contributed by atoms with Crippen LogP contribution < -0.4 is 19.5 Å². The van der Waals surface area contributed by atoms with Crippen LogP contribution in [0.25, 0.3) is 5.69 Å². The molecule has 1 aromatic heterocycles. The topological polar surface area (TPSA) is 87.5 Å². The summed E-state index contributed by atoms with van der Waals surface area (Å²) in [6.07, 6.45) is 0.911. The van der Waals surface area contributed by atoms with Crippen LogP contribution in [0.4, 0.5) is 5.69 Å². The third-order valence-electron chi connectivity index (χ3n) is 5.95. The van der Waals surface area contributed by atoms with E-state index in [1.54, 1.807) is 44.0 Å². The maximum atomic E-state index is 13.4. The van der Waals surface area contributed by atoms with Crippen molar-refractivity contribution in [3.8, 4) is 22.9 Å². The van der Waals surface area contributed by atoms with Gasteiger partial charge >= 0.3 is 0 Å². The summed E-state index contributed by atoms with van der Waals surface area (Å²) in [6.45, 7) is 14.6. The lowest BCUT2D eigenvalue weighted by atomic mass is 9.87. The fourth-order valence-corrected chi connectivity index (χ4v) is 4.04.